The SMILES string of the molecule is COCCC(NC(=O)NC(C)Cn1cccn1)C(=O)O. The minimum atomic E-state index is -1.09. The van der Waals surface area contributed by atoms with Crippen molar-refractivity contribution in [2.45, 2.75) is 32.0 Å². The molecule has 0 saturated carbocycles. The van der Waals surface area contributed by atoms with Crippen LogP contribution in [0.3, 0.4) is 0 Å². The zero-order valence-corrected chi connectivity index (χ0v) is 11.6. The first-order chi connectivity index (χ1) is 9.52. The number of urea groups is 1. The molecule has 8 nitrogen and oxygen atoms in total. The smallest absolute Gasteiger partial charge is 0.326 e. The summed E-state index contributed by atoms with van der Waals surface area (Å²) in [5, 5.41) is 18.1. The molecular formula is C12H20N4O4. The molecule has 0 aliphatic heterocycles. The van der Waals surface area contributed by atoms with Crippen LogP contribution in [0.5, 0.6) is 0 Å². The normalized spacial score (nSPS) is 13.5. The third-order valence-electron chi connectivity index (χ3n) is 2.61. The monoisotopic (exact) mass is 284 g/mol. The second-order valence-electron chi connectivity index (χ2n) is 4.42. The number of hydrogen-bond acceptors (Lipinski definition) is 4. The van der Waals surface area contributed by atoms with Crippen molar-refractivity contribution in [1.82, 2.24) is 20.4 Å². The second-order valence-corrected chi connectivity index (χ2v) is 4.42. The predicted octanol–water partition coefficient (Wildman–Crippen LogP) is 0.0605. The lowest BCUT2D eigenvalue weighted by Gasteiger charge is -2.18. The highest BCUT2D eigenvalue weighted by molar-refractivity contribution is 5.82. The van der Waals surface area contributed by atoms with Crippen molar-refractivity contribution in [2.24, 2.45) is 0 Å². The molecule has 0 radical (unpaired) electrons. The van der Waals surface area contributed by atoms with Crippen molar-refractivity contribution in [3.8, 4) is 0 Å². The number of rotatable bonds is 8. The van der Waals surface area contributed by atoms with Crippen molar-refractivity contribution < 1.29 is 19.4 Å². The van der Waals surface area contributed by atoms with Crippen LogP contribution < -0.4 is 10.6 Å². The Bertz CT molecular complexity index is 421. The maximum Gasteiger partial charge on any atom is 0.326 e. The van der Waals surface area contributed by atoms with Crippen LogP contribution in [0.1, 0.15) is 13.3 Å². The minimum absolute atomic E-state index is 0.174. The Labute approximate surface area is 117 Å². The molecule has 1 aromatic rings. The van der Waals surface area contributed by atoms with Gasteiger partial charge in [0.1, 0.15) is 6.04 Å². The van der Waals surface area contributed by atoms with Crippen molar-refractivity contribution in [1.29, 1.82) is 0 Å². The summed E-state index contributed by atoms with van der Waals surface area (Å²) in [6, 6.07) is 0.129. The molecule has 0 saturated heterocycles. The number of carbonyl (C=O) groups excluding carboxylic acids is 1. The van der Waals surface area contributed by atoms with E-state index < -0.39 is 18.0 Å². The fraction of sp³-hybridized carbons (Fsp3) is 0.583. The minimum Gasteiger partial charge on any atom is -0.480 e. The van der Waals surface area contributed by atoms with Gasteiger partial charge in [0, 0.05) is 38.6 Å². The fourth-order valence-corrected chi connectivity index (χ4v) is 1.65. The largest absolute Gasteiger partial charge is 0.480 e. The molecule has 2 atom stereocenters. The number of aromatic nitrogens is 2. The molecule has 3 N–H and O–H groups in total. The predicted molar refractivity (Wildman–Crippen MR) is 71.3 cm³/mol. The van der Waals surface area contributed by atoms with Gasteiger partial charge in [-0.25, -0.2) is 9.59 Å². The summed E-state index contributed by atoms with van der Waals surface area (Å²) in [7, 11) is 1.48. The summed E-state index contributed by atoms with van der Waals surface area (Å²) < 4.78 is 6.49. The summed E-state index contributed by atoms with van der Waals surface area (Å²) in [6.07, 6.45) is 3.65. The summed E-state index contributed by atoms with van der Waals surface area (Å²) in [5.74, 6) is -1.09. The summed E-state index contributed by atoms with van der Waals surface area (Å²) >= 11 is 0. The molecule has 0 fully saturated rings. The first-order valence-electron chi connectivity index (χ1n) is 6.29. The molecule has 8 heteroatoms. The summed E-state index contributed by atoms with van der Waals surface area (Å²) in [6.45, 7) is 2.59. The molecule has 112 valence electrons. The number of aliphatic carboxylic acids is 1. The van der Waals surface area contributed by atoms with Gasteiger partial charge >= 0.3 is 12.0 Å². The molecule has 2 unspecified atom stereocenters. The molecule has 0 bridgehead atoms. The number of ether oxygens (including phenoxy) is 1. The van der Waals surface area contributed by atoms with Gasteiger partial charge in [0.15, 0.2) is 0 Å². The topological polar surface area (TPSA) is 105 Å². The van der Waals surface area contributed by atoms with Crippen LogP contribution in [0.2, 0.25) is 0 Å². The molecule has 1 heterocycles. The second kappa shape index (κ2) is 8.16. The number of amides is 2. The van der Waals surface area contributed by atoms with Crippen molar-refractivity contribution in [2.75, 3.05) is 13.7 Å². The van der Waals surface area contributed by atoms with E-state index in [-0.39, 0.29) is 19.1 Å². The first-order valence-corrected chi connectivity index (χ1v) is 6.29. The van der Waals surface area contributed by atoms with E-state index in [1.165, 1.54) is 7.11 Å². The Hall–Kier alpha value is -2.09. The van der Waals surface area contributed by atoms with Crippen molar-refractivity contribution >= 4 is 12.0 Å². The van der Waals surface area contributed by atoms with Gasteiger partial charge in [-0.15, -0.1) is 0 Å². The third-order valence-corrected chi connectivity index (χ3v) is 2.61. The molecule has 0 spiro atoms. The van der Waals surface area contributed by atoms with Gasteiger partial charge in [-0.3, -0.25) is 4.68 Å². The first kappa shape index (κ1) is 16.0. The van der Waals surface area contributed by atoms with Crippen LogP contribution in [0.25, 0.3) is 0 Å². The number of methoxy groups -OCH3 is 1. The fourth-order valence-electron chi connectivity index (χ4n) is 1.65. The van der Waals surface area contributed by atoms with Crippen LogP contribution in [0.15, 0.2) is 18.5 Å². The summed E-state index contributed by atoms with van der Waals surface area (Å²) in [5.41, 5.74) is 0. The van der Waals surface area contributed by atoms with Crippen LogP contribution in [-0.4, -0.2) is 52.7 Å². The quantitative estimate of drug-likeness (QED) is 0.626. The molecule has 0 aromatic carbocycles. The number of hydrogen-bond donors (Lipinski definition) is 3. The maximum absolute atomic E-state index is 11.7. The molecule has 1 rings (SSSR count). The van der Waals surface area contributed by atoms with Gasteiger partial charge < -0.3 is 20.5 Å². The van der Waals surface area contributed by atoms with E-state index >= 15 is 0 Å². The molecule has 20 heavy (non-hydrogen) atoms. The number of carbonyl (C=O) groups is 2. The van der Waals surface area contributed by atoms with Crippen molar-refractivity contribution in [3.05, 3.63) is 18.5 Å². The van der Waals surface area contributed by atoms with Gasteiger partial charge in [0.25, 0.3) is 0 Å². The van der Waals surface area contributed by atoms with E-state index in [0.29, 0.717) is 6.54 Å². The molecular weight excluding hydrogens is 264 g/mol. The Balaban J connectivity index is 2.38. The number of carboxylic acid groups (broad SMARTS) is 1. The van der Waals surface area contributed by atoms with Gasteiger partial charge in [0.2, 0.25) is 0 Å². The van der Waals surface area contributed by atoms with Crippen LogP contribution in [0, 0.1) is 0 Å². The number of nitrogens with zero attached hydrogens (tertiary/aromatic N) is 2. The highest BCUT2D eigenvalue weighted by Crippen LogP contribution is 1.95. The zero-order chi connectivity index (χ0) is 15.0. The standard InChI is InChI=1S/C12H20N4O4/c1-9(8-16-6-3-5-13-16)14-12(19)15-10(11(17)18)4-7-20-2/h3,5-6,9-10H,4,7-8H2,1-2H3,(H,17,18)(H2,14,15,19). The Morgan fingerprint density at radius 3 is 2.75 bits per heavy atom. The van der Waals surface area contributed by atoms with E-state index in [2.05, 4.69) is 15.7 Å². The van der Waals surface area contributed by atoms with Gasteiger partial charge in [-0.05, 0) is 13.0 Å². The van der Waals surface area contributed by atoms with E-state index in [4.69, 9.17) is 9.84 Å². The van der Waals surface area contributed by atoms with Gasteiger partial charge in [-0.2, -0.15) is 5.10 Å². The Morgan fingerprint density at radius 2 is 2.20 bits per heavy atom. The number of carboxylic acids is 1. The van der Waals surface area contributed by atoms with Crippen LogP contribution >= 0.6 is 0 Å². The van der Waals surface area contributed by atoms with Gasteiger partial charge in [-0.1, -0.05) is 0 Å². The van der Waals surface area contributed by atoms with E-state index in [9.17, 15) is 9.59 Å². The lowest BCUT2D eigenvalue weighted by molar-refractivity contribution is -0.139. The lowest BCUT2D eigenvalue weighted by Crippen LogP contribution is -2.49. The van der Waals surface area contributed by atoms with E-state index in [0.717, 1.165) is 0 Å². The molecule has 0 aliphatic rings. The number of nitrogens with one attached hydrogen (secondary N) is 2. The highest BCUT2D eigenvalue weighted by atomic mass is 16.5. The Kier molecular flexibility index (Phi) is 6.51. The maximum atomic E-state index is 11.7. The van der Waals surface area contributed by atoms with Gasteiger partial charge in [0.05, 0.1) is 6.54 Å². The molecule has 2 amide bonds. The highest BCUT2D eigenvalue weighted by Gasteiger charge is 2.20. The summed E-state index contributed by atoms with van der Waals surface area (Å²) in [4.78, 5) is 22.7. The van der Waals surface area contributed by atoms with E-state index in [1.54, 1.807) is 23.1 Å². The Morgan fingerprint density at radius 1 is 1.45 bits per heavy atom. The van der Waals surface area contributed by atoms with Crippen LogP contribution in [-0.2, 0) is 16.1 Å². The zero-order valence-electron chi connectivity index (χ0n) is 11.6. The lowest BCUT2D eigenvalue weighted by atomic mass is 10.2. The van der Waals surface area contributed by atoms with E-state index in [1.807, 2.05) is 6.92 Å². The molecule has 0 aliphatic carbocycles. The average Bonchev–Trinajstić information content (AvgIpc) is 2.86. The van der Waals surface area contributed by atoms with Crippen LogP contribution in [0.4, 0.5) is 4.79 Å². The van der Waals surface area contributed by atoms with Crippen molar-refractivity contribution in [3.63, 3.8) is 0 Å². The average molecular weight is 284 g/mol. The third kappa shape index (κ3) is 5.70. The molecule has 1 aromatic heterocycles.